The van der Waals surface area contributed by atoms with Gasteiger partial charge in [0.05, 0.1) is 12.2 Å². The lowest BCUT2D eigenvalue weighted by Gasteiger charge is -2.62. The second-order valence-corrected chi connectivity index (χ2v) is 6.14. The second-order valence-electron chi connectivity index (χ2n) is 6.14. The Hall–Kier alpha value is -0.0800. The van der Waals surface area contributed by atoms with E-state index in [4.69, 9.17) is 9.47 Å². The number of rotatable bonds is 6. The van der Waals surface area contributed by atoms with Crippen LogP contribution < -0.4 is 0 Å². The molecule has 2 nitrogen and oxygen atoms in total. The van der Waals surface area contributed by atoms with Crippen LogP contribution in [0.3, 0.4) is 0 Å². The maximum absolute atomic E-state index is 5.99. The SMILES string of the molecule is CCCOC1C(C)(C)C(OCCC)C1(C)C. The predicted octanol–water partition coefficient (Wildman–Crippen LogP) is 3.64. The molecule has 1 aliphatic carbocycles. The summed E-state index contributed by atoms with van der Waals surface area (Å²) in [7, 11) is 0. The van der Waals surface area contributed by atoms with Crippen molar-refractivity contribution in [1.82, 2.24) is 0 Å². The maximum atomic E-state index is 5.99. The molecule has 0 aromatic rings. The van der Waals surface area contributed by atoms with Crippen molar-refractivity contribution in [3.8, 4) is 0 Å². The standard InChI is InChI=1S/C14H28O2/c1-7-9-15-11-13(3,4)12(14(11,5)6)16-10-8-2/h11-12H,7-10H2,1-6H3. The summed E-state index contributed by atoms with van der Waals surface area (Å²) in [4.78, 5) is 0. The number of ether oxygens (including phenoxy) is 2. The average Bonchev–Trinajstić information content (AvgIpc) is 2.17. The molecule has 1 aliphatic rings. The topological polar surface area (TPSA) is 18.5 Å². The van der Waals surface area contributed by atoms with E-state index in [1.54, 1.807) is 0 Å². The minimum Gasteiger partial charge on any atom is -0.377 e. The summed E-state index contributed by atoms with van der Waals surface area (Å²) < 4.78 is 12.0. The Morgan fingerprint density at radius 3 is 1.31 bits per heavy atom. The quantitative estimate of drug-likeness (QED) is 0.691. The van der Waals surface area contributed by atoms with Crippen LogP contribution in [0.15, 0.2) is 0 Å². The maximum Gasteiger partial charge on any atom is 0.0726 e. The smallest absolute Gasteiger partial charge is 0.0726 e. The van der Waals surface area contributed by atoms with Gasteiger partial charge in [0.2, 0.25) is 0 Å². The molecule has 1 saturated carbocycles. The van der Waals surface area contributed by atoms with Gasteiger partial charge in [-0.2, -0.15) is 0 Å². The monoisotopic (exact) mass is 228 g/mol. The molecule has 0 radical (unpaired) electrons. The van der Waals surface area contributed by atoms with Gasteiger partial charge in [0.15, 0.2) is 0 Å². The van der Waals surface area contributed by atoms with Crippen LogP contribution in [-0.4, -0.2) is 25.4 Å². The first kappa shape index (κ1) is 14.0. The average molecular weight is 228 g/mol. The molecule has 0 amide bonds. The predicted molar refractivity (Wildman–Crippen MR) is 67.6 cm³/mol. The molecule has 96 valence electrons. The third-order valence-electron chi connectivity index (χ3n) is 3.68. The first-order valence-electron chi connectivity index (χ1n) is 6.62. The third-order valence-corrected chi connectivity index (χ3v) is 3.68. The van der Waals surface area contributed by atoms with Crippen molar-refractivity contribution in [1.29, 1.82) is 0 Å². The lowest BCUT2D eigenvalue weighted by atomic mass is 9.51. The Kier molecular flexibility index (Phi) is 4.42. The van der Waals surface area contributed by atoms with E-state index in [0.717, 1.165) is 26.1 Å². The summed E-state index contributed by atoms with van der Waals surface area (Å²) in [6.45, 7) is 15.1. The summed E-state index contributed by atoms with van der Waals surface area (Å²) in [5.41, 5.74) is 0.293. The summed E-state index contributed by atoms with van der Waals surface area (Å²) in [5.74, 6) is 0. The van der Waals surface area contributed by atoms with Crippen molar-refractivity contribution in [2.24, 2.45) is 10.8 Å². The number of hydrogen-bond donors (Lipinski definition) is 0. The lowest BCUT2D eigenvalue weighted by Crippen LogP contribution is -2.69. The van der Waals surface area contributed by atoms with Gasteiger partial charge in [0, 0.05) is 24.0 Å². The molecule has 16 heavy (non-hydrogen) atoms. The van der Waals surface area contributed by atoms with Crippen molar-refractivity contribution < 1.29 is 9.47 Å². The molecule has 0 heterocycles. The molecule has 0 saturated heterocycles. The highest BCUT2D eigenvalue weighted by atomic mass is 16.5. The zero-order valence-electron chi connectivity index (χ0n) is 11.8. The molecule has 0 aromatic carbocycles. The summed E-state index contributed by atoms with van der Waals surface area (Å²) in [5, 5.41) is 0. The van der Waals surface area contributed by atoms with Crippen molar-refractivity contribution >= 4 is 0 Å². The normalized spacial score (nSPS) is 31.1. The van der Waals surface area contributed by atoms with E-state index in [-0.39, 0.29) is 10.8 Å². The minimum atomic E-state index is 0.147. The van der Waals surface area contributed by atoms with Gasteiger partial charge in [-0.15, -0.1) is 0 Å². The van der Waals surface area contributed by atoms with E-state index in [9.17, 15) is 0 Å². The fourth-order valence-corrected chi connectivity index (χ4v) is 3.43. The molecule has 0 spiro atoms. The lowest BCUT2D eigenvalue weighted by molar-refractivity contribution is -0.282. The zero-order valence-corrected chi connectivity index (χ0v) is 11.8. The minimum absolute atomic E-state index is 0.147. The van der Waals surface area contributed by atoms with Crippen molar-refractivity contribution in [3.63, 3.8) is 0 Å². The van der Waals surface area contributed by atoms with Crippen LogP contribution in [0.5, 0.6) is 0 Å². The molecule has 0 bridgehead atoms. The van der Waals surface area contributed by atoms with Crippen LogP contribution >= 0.6 is 0 Å². The molecule has 1 rings (SSSR count). The van der Waals surface area contributed by atoms with Gasteiger partial charge >= 0.3 is 0 Å². The van der Waals surface area contributed by atoms with Crippen LogP contribution in [0.4, 0.5) is 0 Å². The van der Waals surface area contributed by atoms with Crippen molar-refractivity contribution in [2.75, 3.05) is 13.2 Å². The van der Waals surface area contributed by atoms with Crippen molar-refractivity contribution in [2.45, 2.75) is 66.6 Å². The van der Waals surface area contributed by atoms with E-state index in [1.807, 2.05) is 0 Å². The Morgan fingerprint density at radius 1 is 0.750 bits per heavy atom. The third kappa shape index (κ3) is 2.28. The van der Waals surface area contributed by atoms with E-state index >= 15 is 0 Å². The number of hydrogen-bond acceptors (Lipinski definition) is 2. The molecule has 0 aliphatic heterocycles. The van der Waals surface area contributed by atoms with Gasteiger partial charge in [-0.05, 0) is 12.8 Å². The van der Waals surface area contributed by atoms with E-state index in [1.165, 1.54) is 0 Å². The van der Waals surface area contributed by atoms with E-state index < -0.39 is 0 Å². The highest BCUT2D eigenvalue weighted by Gasteiger charge is 2.63. The molecule has 0 unspecified atom stereocenters. The first-order chi connectivity index (χ1) is 7.39. The van der Waals surface area contributed by atoms with E-state index in [0.29, 0.717) is 12.2 Å². The molecule has 0 atom stereocenters. The van der Waals surface area contributed by atoms with Crippen LogP contribution in [0.1, 0.15) is 54.4 Å². The van der Waals surface area contributed by atoms with Crippen molar-refractivity contribution in [3.05, 3.63) is 0 Å². The highest BCUT2D eigenvalue weighted by molar-refractivity contribution is 5.12. The molecule has 2 heteroatoms. The zero-order chi connectivity index (χ0) is 12.4. The van der Waals surface area contributed by atoms with Crippen LogP contribution in [0, 0.1) is 10.8 Å². The largest absolute Gasteiger partial charge is 0.377 e. The van der Waals surface area contributed by atoms with Gasteiger partial charge in [-0.25, -0.2) is 0 Å². The molecule has 0 aromatic heterocycles. The molecule has 1 fully saturated rings. The van der Waals surface area contributed by atoms with Crippen LogP contribution in [0.25, 0.3) is 0 Å². The highest BCUT2D eigenvalue weighted by Crippen LogP contribution is 2.57. The molecular weight excluding hydrogens is 200 g/mol. The Morgan fingerprint density at radius 2 is 1.06 bits per heavy atom. The van der Waals surface area contributed by atoms with Crippen LogP contribution in [-0.2, 0) is 9.47 Å². The Bertz CT molecular complexity index is 185. The summed E-state index contributed by atoms with van der Waals surface area (Å²) in [6, 6.07) is 0. The fraction of sp³-hybridized carbons (Fsp3) is 1.00. The van der Waals surface area contributed by atoms with Gasteiger partial charge in [-0.1, -0.05) is 41.5 Å². The second kappa shape index (κ2) is 5.05. The van der Waals surface area contributed by atoms with Gasteiger partial charge < -0.3 is 9.47 Å². The fourth-order valence-electron chi connectivity index (χ4n) is 3.43. The van der Waals surface area contributed by atoms with Gasteiger partial charge in [-0.3, -0.25) is 0 Å². The summed E-state index contributed by atoms with van der Waals surface area (Å²) >= 11 is 0. The summed E-state index contributed by atoms with van der Waals surface area (Å²) in [6.07, 6.45) is 2.82. The van der Waals surface area contributed by atoms with Gasteiger partial charge in [0.1, 0.15) is 0 Å². The first-order valence-corrected chi connectivity index (χ1v) is 6.62. The van der Waals surface area contributed by atoms with E-state index in [2.05, 4.69) is 41.5 Å². The van der Waals surface area contributed by atoms with Crippen LogP contribution in [0.2, 0.25) is 0 Å². The Balaban J connectivity index is 2.62. The molecular formula is C14H28O2. The Labute approximate surface area is 101 Å². The van der Waals surface area contributed by atoms with Gasteiger partial charge in [0.25, 0.3) is 0 Å². The molecule has 0 N–H and O–H groups in total.